The number of sulfonamides is 1. The van der Waals surface area contributed by atoms with E-state index >= 15 is 0 Å². The zero-order valence-electron chi connectivity index (χ0n) is 10.7. The number of aryl methyl sites for hydroxylation is 2. The van der Waals surface area contributed by atoms with E-state index in [2.05, 4.69) is 10.1 Å². The standard InChI is InChI=1S/C11H11ClN4O3S/c1-7-9(6-16(2)14-7)20(18,19)15-11(17)8-4-3-5-13-10(8)12/h3-6H,1-2H3,(H,15,17). The largest absolute Gasteiger partial charge is 0.274 e. The highest BCUT2D eigenvalue weighted by Gasteiger charge is 2.24. The molecule has 0 aliphatic rings. The second-order valence-corrected chi connectivity index (χ2v) is 6.04. The number of carbonyl (C=O) groups excluding carboxylic acids is 1. The molecule has 2 heterocycles. The third-order valence-corrected chi connectivity index (χ3v) is 4.22. The third kappa shape index (κ3) is 2.81. The van der Waals surface area contributed by atoms with Gasteiger partial charge in [-0.1, -0.05) is 11.6 Å². The molecule has 0 radical (unpaired) electrons. The summed E-state index contributed by atoms with van der Waals surface area (Å²) >= 11 is 5.75. The Hall–Kier alpha value is -1.93. The molecule has 9 heteroatoms. The minimum Gasteiger partial charge on any atom is -0.274 e. The maximum atomic E-state index is 12.1. The first-order chi connectivity index (χ1) is 9.31. The van der Waals surface area contributed by atoms with Gasteiger partial charge in [0.2, 0.25) is 0 Å². The number of pyridine rings is 1. The van der Waals surface area contributed by atoms with Crippen LogP contribution in [0.3, 0.4) is 0 Å². The van der Waals surface area contributed by atoms with Crippen molar-refractivity contribution in [3.05, 3.63) is 40.9 Å². The van der Waals surface area contributed by atoms with Gasteiger partial charge in [-0.3, -0.25) is 9.48 Å². The van der Waals surface area contributed by atoms with Crippen molar-refractivity contribution in [2.24, 2.45) is 7.05 Å². The summed E-state index contributed by atoms with van der Waals surface area (Å²) in [6, 6.07) is 2.87. The van der Waals surface area contributed by atoms with Gasteiger partial charge >= 0.3 is 0 Å². The second-order valence-electron chi connectivity index (χ2n) is 4.03. The first kappa shape index (κ1) is 14.5. The number of hydrogen-bond donors (Lipinski definition) is 1. The molecular formula is C11H11ClN4O3S. The van der Waals surface area contributed by atoms with Gasteiger partial charge in [0.25, 0.3) is 15.9 Å². The fraction of sp³-hybridized carbons (Fsp3) is 0.182. The van der Waals surface area contributed by atoms with Gasteiger partial charge < -0.3 is 0 Å². The Balaban J connectivity index is 2.32. The molecule has 2 aromatic heterocycles. The van der Waals surface area contributed by atoms with Crippen LogP contribution < -0.4 is 4.72 Å². The maximum Gasteiger partial charge on any atom is 0.268 e. The Morgan fingerprint density at radius 3 is 2.70 bits per heavy atom. The minimum absolute atomic E-state index is 0.0146. The molecular weight excluding hydrogens is 304 g/mol. The lowest BCUT2D eigenvalue weighted by Crippen LogP contribution is -2.31. The summed E-state index contributed by atoms with van der Waals surface area (Å²) < 4.78 is 27.5. The van der Waals surface area contributed by atoms with E-state index in [0.717, 1.165) is 0 Å². The summed E-state index contributed by atoms with van der Waals surface area (Å²) in [5, 5.41) is 3.86. The first-order valence-corrected chi connectivity index (χ1v) is 7.35. The number of halogens is 1. The lowest BCUT2D eigenvalue weighted by atomic mass is 10.3. The number of amides is 1. The molecule has 1 N–H and O–H groups in total. The molecule has 0 aromatic carbocycles. The number of nitrogens with one attached hydrogen (secondary N) is 1. The van der Waals surface area contributed by atoms with Crippen LogP contribution in [0.2, 0.25) is 5.15 Å². The Bertz CT molecular complexity index is 770. The lowest BCUT2D eigenvalue weighted by Gasteiger charge is -2.06. The van der Waals surface area contributed by atoms with Crippen LogP contribution >= 0.6 is 11.6 Å². The van der Waals surface area contributed by atoms with Crippen LogP contribution in [0.15, 0.2) is 29.4 Å². The van der Waals surface area contributed by atoms with Crippen LogP contribution in [0.1, 0.15) is 16.1 Å². The quantitative estimate of drug-likeness (QED) is 0.849. The highest BCUT2D eigenvalue weighted by atomic mass is 35.5. The van der Waals surface area contributed by atoms with E-state index in [-0.39, 0.29) is 15.6 Å². The van der Waals surface area contributed by atoms with E-state index in [9.17, 15) is 13.2 Å². The molecule has 0 aliphatic heterocycles. The van der Waals surface area contributed by atoms with Gasteiger partial charge in [-0.25, -0.2) is 18.1 Å². The van der Waals surface area contributed by atoms with Crippen LogP contribution in [-0.2, 0) is 17.1 Å². The van der Waals surface area contributed by atoms with Gasteiger partial charge in [0.05, 0.1) is 11.3 Å². The zero-order chi connectivity index (χ0) is 14.9. The zero-order valence-corrected chi connectivity index (χ0v) is 12.2. The molecule has 7 nitrogen and oxygen atoms in total. The van der Waals surface area contributed by atoms with Crippen molar-refractivity contribution in [1.29, 1.82) is 0 Å². The highest BCUT2D eigenvalue weighted by molar-refractivity contribution is 7.90. The average Bonchev–Trinajstić information content (AvgIpc) is 2.69. The summed E-state index contributed by atoms with van der Waals surface area (Å²) in [5.41, 5.74) is 0.282. The smallest absolute Gasteiger partial charge is 0.268 e. The van der Waals surface area contributed by atoms with Gasteiger partial charge in [-0.15, -0.1) is 0 Å². The van der Waals surface area contributed by atoms with Crippen molar-refractivity contribution >= 4 is 27.5 Å². The van der Waals surface area contributed by atoms with Gasteiger partial charge in [0.15, 0.2) is 0 Å². The van der Waals surface area contributed by atoms with Crippen molar-refractivity contribution in [2.45, 2.75) is 11.8 Å². The van der Waals surface area contributed by atoms with Gasteiger partial charge in [0.1, 0.15) is 10.0 Å². The molecule has 1 amide bonds. The summed E-state index contributed by atoms with van der Waals surface area (Å²) in [5.74, 6) is -0.841. The van der Waals surface area contributed by atoms with Crippen LogP contribution in [0, 0.1) is 6.92 Å². The SMILES string of the molecule is Cc1nn(C)cc1S(=O)(=O)NC(=O)c1cccnc1Cl. The second kappa shape index (κ2) is 5.22. The molecule has 106 valence electrons. The number of carbonyl (C=O) groups is 1. The summed E-state index contributed by atoms with van der Waals surface area (Å²) in [4.78, 5) is 15.6. The van der Waals surface area contributed by atoms with Crippen molar-refractivity contribution in [2.75, 3.05) is 0 Å². The lowest BCUT2D eigenvalue weighted by molar-refractivity contribution is 0.0981. The Labute approximate surface area is 120 Å². The number of nitrogens with zero attached hydrogens (tertiary/aromatic N) is 3. The van der Waals surface area contributed by atoms with Crippen LogP contribution in [-0.4, -0.2) is 29.1 Å². The maximum absolute atomic E-state index is 12.1. The molecule has 0 aliphatic carbocycles. The van der Waals surface area contributed by atoms with Gasteiger partial charge in [-0.05, 0) is 19.1 Å². The molecule has 0 bridgehead atoms. The molecule has 0 saturated carbocycles. The van der Waals surface area contributed by atoms with E-state index in [0.29, 0.717) is 5.69 Å². The van der Waals surface area contributed by atoms with E-state index in [1.165, 1.54) is 36.1 Å². The van der Waals surface area contributed by atoms with E-state index in [1.807, 2.05) is 4.72 Å². The third-order valence-electron chi connectivity index (χ3n) is 2.49. The fourth-order valence-corrected chi connectivity index (χ4v) is 3.02. The molecule has 0 saturated heterocycles. The van der Waals surface area contributed by atoms with E-state index < -0.39 is 15.9 Å². The van der Waals surface area contributed by atoms with Gasteiger partial charge in [0, 0.05) is 19.4 Å². The monoisotopic (exact) mass is 314 g/mol. The average molecular weight is 315 g/mol. The van der Waals surface area contributed by atoms with Crippen molar-refractivity contribution in [3.8, 4) is 0 Å². The number of hydrogen-bond acceptors (Lipinski definition) is 5. The normalized spacial score (nSPS) is 11.3. The van der Waals surface area contributed by atoms with E-state index in [4.69, 9.17) is 11.6 Å². The van der Waals surface area contributed by atoms with Crippen LogP contribution in [0.5, 0.6) is 0 Å². The summed E-state index contributed by atoms with van der Waals surface area (Å²) in [7, 11) is -2.41. The molecule has 2 rings (SSSR count). The molecule has 0 unspecified atom stereocenters. The van der Waals surface area contributed by atoms with Crippen LogP contribution in [0.4, 0.5) is 0 Å². The highest BCUT2D eigenvalue weighted by Crippen LogP contribution is 2.15. The van der Waals surface area contributed by atoms with Crippen LogP contribution in [0.25, 0.3) is 0 Å². The van der Waals surface area contributed by atoms with E-state index in [1.54, 1.807) is 7.05 Å². The Kier molecular flexibility index (Phi) is 3.78. The Morgan fingerprint density at radius 1 is 1.45 bits per heavy atom. The summed E-state index contributed by atoms with van der Waals surface area (Å²) in [6.45, 7) is 1.54. The number of aromatic nitrogens is 3. The van der Waals surface area contributed by atoms with Gasteiger partial charge in [-0.2, -0.15) is 5.10 Å². The molecule has 0 atom stereocenters. The fourth-order valence-electron chi connectivity index (χ4n) is 1.63. The predicted molar refractivity (Wildman–Crippen MR) is 71.8 cm³/mol. The molecule has 20 heavy (non-hydrogen) atoms. The first-order valence-electron chi connectivity index (χ1n) is 5.49. The number of rotatable bonds is 3. The van der Waals surface area contributed by atoms with Crippen molar-refractivity contribution in [3.63, 3.8) is 0 Å². The molecule has 2 aromatic rings. The van der Waals surface area contributed by atoms with Crippen molar-refractivity contribution < 1.29 is 13.2 Å². The topological polar surface area (TPSA) is 94.0 Å². The minimum atomic E-state index is -4.00. The van der Waals surface area contributed by atoms with Crippen molar-refractivity contribution in [1.82, 2.24) is 19.5 Å². The molecule has 0 spiro atoms. The molecule has 0 fully saturated rings. The Morgan fingerprint density at radius 2 is 2.15 bits per heavy atom. The summed E-state index contributed by atoms with van der Waals surface area (Å²) in [6.07, 6.45) is 2.72. The predicted octanol–water partition coefficient (Wildman–Crippen LogP) is 0.896.